The topological polar surface area (TPSA) is 72.1 Å². The van der Waals surface area contributed by atoms with Crippen molar-refractivity contribution in [1.82, 2.24) is 20.3 Å². The van der Waals surface area contributed by atoms with Gasteiger partial charge in [-0.2, -0.15) is 4.98 Å². The summed E-state index contributed by atoms with van der Waals surface area (Å²) in [7, 11) is 0. The lowest BCUT2D eigenvalue weighted by atomic mass is 10.1. The minimum absolute atomic E-state index is 0. The highest BCUT2D eigenvalue weighted by Gasteiger charge is 2.17. The van der Waals surface area contributed by atoms with Crippen LogP contribution in [0.1, 0.15) is 25.5 Å². The monoisotopic (exact) mass is 348 g/mol. The number of fused-ring (bicyclic) bond motifs is 3. The molecule has 3 aromatic rings. The van der Waals surface area contributed by atoms with Crippen LogP contribution in [0.3, 0.4) is 0 Å². The first-order chi connectivity index (χ1) is 11.2. The first-order valence-electron chi connectivity index (χ1n) is 7.98. The van der Waals surface area contributed by atoms with E-state index in [0.29, 0.717) is 6.01 Å². The van der Waals surface area contributed by atoms with E-state index >= 15 is 0 Å². The van der Waals surface area contributed by atoms with Crippen LogP contribution in [0.5, 0.6) is 6.01 Å². The number of rotatable bonds is 3. The van der Waals surface area contributed by atoms with Gasteiger partial charge in [-0.1, -0.05) is 6.07 Å². The number of halogens is 1. The molecule has 0 amide bonds. The van der Waals surface area contributed by atoms with E-state index in [1.165, 1.54) is 5.56 Å². The van der Waals surface area contributed by atoms with E-state index in [9.17, 15) is 0 Å². The molecule has 1 aliphatic heterocycles. The van der Waals surface area contributed by atoms with Gasteiger partial charge in [0.05, 0.1) is 18.8 Å². The van der Waals surface area contributed by atoms with Crippen LogP contribution >= 0.6 is 12.4 Å². The van der Waals surface area contributed by atoms with Crippen LogP contribution in [0.4, 0.5) is 0 Å². The van der Waals surface area contributed by atoms with Crippen LogP contribution in [0.15, 0.2) is 24.4 Å². The van der Waals surface area contributed by atoms with Gasteiger partial charge >= 0.3 is 6.01 Å². The highest BCUT2D eigenvalue weighted by molar-refractivity contribution is 6.05. The normalized spacial score (nSPS) is 18.0. The Bertz CT molecular complexity index is 843. The van der Waals surface area contributed by atoms with Crippen molar-refractivity contribution in [3.8, 4) is 6.01 Å². The number of aromatic amines is 1. The molecule has 1 unspecified atom stereocenters. The van der Waals surface area contributed by atoms with Crippen molar-refractivity contribution in [3.63, 3.8) is 0 Å². The van der Waals surface area contributed by atoms with Gasteiger partial charge < -0.3 is 19.8 Å². The van der Waals surface area contributed by atoms with Crippen molar-refractivity contribution < 1.29 is 9.47 Å². The second kappa shape index (κ2) is 6.93. The van der Waals surface area contributed by atoms with Gasteiger partial charge in [0.15, 0.2) is 0 Å². The minimum atomic E-state index is 0. The summed E-state index contributed by atoms with van der Waals surface area (Å²) in [4.78, 5) is 12.1. The number of hydrogen-bond donors (Lipinski definition) is 2. The Hall–Kier alpha value is -1.89. The van der Waals surface area contributed by atoms with Gasteiger partial charge in [-0.25, -0.2) is 4.98 Å². The van der Waals surface area contributed by atoms with Crippen molar-refractivity contribution in [2.24, 2.45) is 0 Å². The summed E-state index contributed by atoms with van der Waals surface area (Å²) in [5.41, 5.74) is 3.02. The molecule has 1 aromatic carbocycles. The van der Waals surface area contributed by atoms with Gasteiger partial charge in [0.25, 0.3) is 0 Å². The SMILES string of the molecule is CC(C)Oc1ncc2c(n1)[nH]c1ccc(C3CNCCO3)cc12.Cl. The molecular weight excluding hydrogens is 328 g/mol. The number of benzene rings is 1. The number of morpholine rings is 1. The Balaban J connectivity index is 0.00000169. The zero-order valence-electron chi connectivity index (χ0n) is 13.7. The summed E-state index contributed by atoms with van der Waals surface area (Å²) in [6.45, 7) is 6.43. The molecule has 2 N–H and O–H groups in total. The molecule has 4 rings (SSSR count). The molecule has 0 radical (unpaired) electrons. The Morgan fingerprint density at radius 3 is 2.92 bits per heavy atom. The summed E-state index contributed by atoms with van der Waals surface area (Å²) in [6.07, 6.45) is 1.98. The second-order valence-corrected chi connectivity index (χ2v) is 6.08. The second-order valence-electron chi connectivity index (χ2n) is 6.08. The van der Waals surface area contributed by atoms with E-state index in [1.807, 2.05) is 20.0 Å². The number of nitrogens with one attached hydrogen (secondary N) is 2. The number of H-pyrrole nitrogens is 1. The number of nitrogens with zero attached hydrogens (tertiary/aromatic N) is 2. The summed E-state index contributed by atoms with van der Waals surface area (Å²) in [5.74, 6) is 0. The third-order valence-electron chi connectivity index (χ3n) is 3.99. The number of ether oxygens (including phenoxy) is 2. The molecule has 1 saturated heterocycles. The molecule has 1 aliphatic rings. The van der Waals surface area contributed by atoms with Gasteiger partial charge in [0.1, 0.15) is 5.65 Å². The smallest absolute Gasteiger partial charge is 0.318 e. The fourth-order valence-electron chi connectivity index (χ4n) is 2.93. The van der Waals surface area contributed by atoms with Crippen LogP contribution in [-0.4, -0.2) is 40.8 Å². The number of hydrogen-bond acceptors (Lipinski definition) is 5. The molecule has 0 bridgehead atoms. The van der Waals surface area contributed by atoms with E-state index in [2.05, 4.69) is 38.5 Å². The third kappa shape index (κ3) is 3.17. The van der Waals surface area contributed by atoms with Crippen LogP contribution in [-0.2, 0) is 4.74 Å². The standard InChI is InChI=1S/C17H20N4O2.ClH/c1-10(2)23-17-19-8-13-12-7-11(15-9-18-5-6-22-15)3-4-14(12)20-16(13)21-17;/h3-4,7-8,10,15,18H,5-6,9H2,1-2H3,(H,19,20,21);1H. The van der Waals surface area contributed by atoms with Gasteiger partial charge in [-0.3, -0.25) is 0 Å². The zero-order chi connectivity index (χ0) is 15.8. The fraction of sp³-hybridized carbons (Fsp3) is 0.412. The Labute approximate surface area is 146 Å². The van der Waals surface area contributed by atoms with Crippen LogP contribution < -0.4 is 10.1 Å². The average molecular weight is 349 g/mol. The predicted octanol–water partition coefficient (Wildman–Crippen LogP) is 2.98. The Kier molecular flexibility index (Phi) is 4.89. The Morgan fingerprint density at radius 2 is 2.17 bits per heavy atom. The molecule has 6 nitrogen and oxygen atoms in total. The molecule has 2 aromatic heterocycles. The summed E-state index contributed by atoms with van der Waals surface area (Å²) < 4.78 is 11.4. The van der Waals surface area contributed by atoms with Crippen molar-refractivity contribution in [1.29, 1.82) is 0 Å². The fourth-order valence-corrected chi connectivity index (χ4v) is 2.93. The summed E-state index contributed by atoms with van der Waals surface area (Å²) >= 11 is 0. The van der Waals surface area contributed by atoms with E-state index in [4.69, 9.17) is 9.47 Å². The van der Waals surface area contributed by atoms with Crippen molar-refractivity contribution in [3.05, 3.63) is 30.0 Å². The maximum absolute atomic E-state index is 5.84. The molecule has 3 heterocycles. The molecule has 7 heteroatoms. The highest BCUT2D eigenvalue weighted by Crippen LogP contribution is 2.29. The van der Waals surface area contributed by atoms with Gasteiger partial charge in [0, 0.05) is 35.6 Å². The molecular formula is C17H21ClN4O2. The minimum Gasteiger partial charge on any atom is -0.461 e. The van der Waals surface area contributed by atoms with Crippen molar-refractivity contribution >= 4 is 34.3 Å². The van der Waals surface area contributed by atoms with Crippen LogP contribution in [0, 0.1) is 0 Å². The van der Waals surface area contributed by atoms with Crippen LogP contribution in [0.2, 0.25) is 0 Å². The lowest BCUT2D eigenvalue weighted by molar-refractivity contribution is 0.0278. The summed E-state index contributed by atoms with van der Waals surface area (Å²) in [5, 5.41) is 5.48. The quantitative estimate of drug-likeness (QED) is 0.761. The maximum atomic E-state index is 5.84. The first kappa shape index (κ1) is 17.0. The van der Waals surface area contributed by atoms with Crippen molar-refractivity contribution in [2.75, 3.05) is 19.7 Å². The predicted molar refractivity (Wildman–Crippen MR) is 96.0 cm³/mol. The van der Waals surface area contributed by atoms with E-state index < -0.39 is 0 Å². The van der Waals surface area contributed by atoms with Crippen LogP contribution in [0.25, 0.3) is 21.9 Å². The van der Waals surface area contributed by atoms with Gasteiger partial charge in [0.2, 0.25) is 0 Å². The largest absolute Gasteiger partial charge is 0.461 e. The Morgan fingerprint density at radius 1 is 1.29 bits per heavy atom. The third-order valence-corrected chi connectivity index (χ3v) is 3.99. The van der Waals surface area contributed by atoms with E-state index in [-0.39, 0.29) is 24.6 Å². The molecule has 0 aliphatic carbocycles. The van der Waals surface area contributed by atoms with Gasteiger partial charge in [-0.15, -0.1) is 12.4 Å². The molecule has 24 heavy (non-hydrogen) atoms. The van der Waals surface area contributed by atoms with Crippen molar-refractivity contribution in [2.45, 2.75) is 26.1 Å². The van der Waals surface area contributed by atoms with Gasteiger partial charge in [-0.05, 0) is 31.5 Å². The molecule has 1 atom stereocenters. The lowest BCUT2D eigenvalue weighted by Gasteiger charge is -2.24. The highest BCUT2D eigenvalue weighted by atomic mass is 35.5. The molecule has 1 fully saturated rings. The molecule has 0 saturated carbocycles. The van der Waals surface area contributed by atoms with E-state index in [0.717, 1.165) is 41.6 Å². The average Bonchev–Trinajstić information content (AvgIpc) is 2.92. The zero-order valence-corrected chi connectivity index (χ0v) is 14.5. The summed E-state index contributed by atoms with van der Waals surface area (Å²) in [6, 6.07) is 6.75. The molecule has 128 valence electrons. The maximum Gasteiger partial charge on any atom is 0.318 e. The van der Waals surface area contributed by atoms with E-state index in [1.54, 1.807) is 0 Å². The molecule has 0 spiro atoms. The number of aromatic nitrogens is 3. The first-order valence-corrected chi connectivity index (χ1v) is 7.98. The lowest BCUT2D eigenvalue weighted by Crippen LogP contribution is -2.33.